The largest absolute Gasteiger partial charge is 0.352 e. The van der Waals surface area contributed by atoms with Crippen LogP contribution in [0, 0.1) is 5.82 Å². The Hall–Kier alpha value is -2.11. The highest BCUT2D eigenvalue weighted by molar-refractivity contribution is 6.36. The number of halogens is 3. The molecule has 0 radical (unpaired) electrons. The Labute approximate surface area is 186 Å². The van der Waals surface area contributed by atoms with E-state index in [4.69, 9.17) is 23.2 Å². The van der Waals surface area contributed by atoms with Crippen LogP contribution in [0.2, 0.25) is 10.0 Å². The first-order valence-electron chi connectivity index (χ1n) is 10.1. The molecule has 4 nitrogen and oxygen atoms in total. The molecule has 160 valence electrons. The maximum absolute atomic E-state index is 13.3. The van der Waals surface area contributed by atoms with Crippen molar-refractivity contribution in [2.45, 2.75) is 57.7 Å². The molecule has 1 aliphatic rings. The van der Waals surface area contributed by atoms with Crippen LogP contribution in [0.3, 0.4) is 0 Å². The predicted molar refractivity (Wildman–Crippen MR) is 117 cm³/mol. The van der Waals surface area contributed by atoms with Gasteiger partial charge in [0.25, 0.3) is 0 Å². The number of rotatable bonds is 7. The third kappa shape index (κ3) is 5.73. The summed E-state index contributed by atoms with van der Waals surface area (Å²) in [7, 11) is 0. The number of nitrogens with one attached hydrogen (secondary N) is 1. The van der Waals surface area contributed by atoms with Gasteiger partial charge in [-0.25, -0.2) is 4.39 Å². The van der Waals surface area contributed by atoms with Gasteiger partial charge in [0.2, 0.25) is 11.8 Å². The lowest BCUT2D eigenvalue weighted by atomic mass is 10.1. The van der Waals surface area contributed by atoms with E-state index in [9.17, 15) is 14.0 Å². The maximum Gasteiger partial charge on any atom is 0.242 e. The second-order valence-corrected chi connectivity index (χ2v) is 8.51. The van der Waals surface area contributed by atoms with Crippen LogP contribution in [0.25, 0.3) is 0 Å². The molecule has 0 aromatic heterocycles. The van der Waals surface area contributed by atoms with Gasteiger partial charge in [-0.1, -0.05) is 54.2 Å². The average molecular weight is 451 g/mol. The number of carbonyl (C=O) groups excluding carboxylic acids is 2. The molecule has 1 N–H and O–H groups in total. The molecule has 0 aliphatic heterocycles. The summed E-state index contributed by atoms with van der Waals surface area (Å²) in [4.78, 5) is 27.6. The summed E-state index contributed by atoms with van der Waals surface area (Å²) >= 11 is 12.5. The highest BCUT2D eigenvalue weighted by Gasteiger charge is 2.29. The minimum atomic E-state index is -0.690. The second kappa shape index (κ2) is 10.3. The molecule has 1 fully saturated rings. The summed E-state index contributed by atoms with van der Waals surface area (Å²) in [6.45, 7) is 1.89. The van der Waals surface area contributed by atoms with Gasteiger partial charge in [0.15, 0.2) is 0 Å². The summed E-state index contributed by atoms with van der Waals surface area (Å²) in [5.41, 5.74) is 1.26. The molecule has 7 heteroatoms. The number of nitrogens with zero attached hydrogens (tertiary/aromatic N) is 1. The molecule has 0 saturated heterocycles. The van der Waals surface area contributed by atoms with E-state index in [1.165, 1.54) is 17.0 Å². The van der Waals surface area contributed by atoms with E-state index in [1.54, 1.807) is 37.3 Å². The zero-order valence-corrected chi connectivity index (χ0v) is 18.3. The lowest BCUT2D eigenvalue weighted by Gasteiger charge is -2.30. The van der Waals surface area contributed by atoms with Crippen LogP contribution >= 0.6 is 23.2 Å². The summed E-state index contributed by atoms with van der Waals surface area (Å²) in [5, 5.41) is 3.86. The van der Waals surface area contributed by atoms with Gasteiger partial charge in [-0.05, 0) is 55.2 Å². The van der Waals surface area contributed by atoms with Gasteiger partial charge >= 0.3 is 0 Å². The summed E-state index contributed by atoms with van der Waals surface area (Å²) < 4.78 is 13.3. The highest BCUT2D eigenvalue weighted by Crippen LogP contribution is 2.26. The van der Waals surface area contributed by atoms with Gasteiger partial charge in [-0.2, -0.15) is 0 Å². The van der Waals surface area contributed by atoms with Gasteiger partial charge in [0.1, 0.15) is 11.9 Å². The molecular formula is C23H25Cl2FN2O2. The monoisotopic (exact) mass is 450 g/mol. The van der Waals surface area contributed by atoms with Crippen molar-refractivity contribution < 1.29 is 14.0 Å². The number of carbonyl (C=O) groups is 2. The molecule has 3 rings (SSSR count). The van der Waals surface area contributed by atoms with Crippen LogP contribution in [-0.2, 0) is 22.6 Å². The highest BCUT2D eigenvalue weighted by atomic mass is 35.5. The fourth-order valence-electron chi connectivity index (χ4n) is 3.72. The summed E-state index contributed by atoms with van der Waals surface area (Å²) in [5.74, 6) is -0.822. The quantitative estimate of drug-likeness (QED) is 0.633. The molecule has 0 bridgehead atoms. The molecule has 2 aromatic rings. The predicted octanol–water partition coefficient (Wildman–Crippen LogP) is 5.15. The maximum atomic E-state index is 13.3. The van der Waals surface area contributed by atoms with Gasteiger partial charge in [0.05, 0.1) is 6.42 Å². The van der Waals surface area contributed by atoms with Crippen LogP contribution in [0.1, 0.15) is 43.7 Å². The topological polar surface area (TPSA) is 49.4 Å². The van der Waals surface area contributed by atoms with Crippen molar-refractivity contribution in [3.05, 3.63) is 69.5 Å². The second-order valence-electron chi connectivity index (χ2n) is 7.69. The molecule has 1 saturated carbocycles. The van der Waals surface area contributed by atoms with Crippen LogP contribution in [-0.4, -0.2) is 28.8 Å². The minimum absolute atomic E-state index is 0.0270. The van der Waals surface area contributed by atoms with E-state index in [0.29, 0.717) is 15.6 Å². The van der Waals surface area contributed by atoms with E-state index in [-0.39, 0.29) is 36.6 Å². The van der Waals surface area contributed by atoms with Crippen LogP contribution < -0.4 is 5.32 Å². The third-order valence-electron chi connectivity index (χ3n) is 5.52. The molecule has 0 spiro atoms. The van der Waals surface area contributed by atoms with Crippen molar-refractivity contribution in [2.75, 3.05) is 0 Å². The lowest BCUT2D eigenvalue weighted by molar-refractivity contribution is -0.140. The van der Waals surface area contributed by atoms with E-state index in [0.717, 1.165) is 31.2 Å². The van der Waals surface area contributed by atoms with Gasteiger partial charge < -0.3 is 10.2 Å². The number of benzene rings is 2. The van der Waals surface area contributed by atoms with E-state index in [1.807, 2.05) is 0 Å². The van der Waals surface area contributed by atoms with Crippen molar-refractivity contribution >= 4 is 35.0 Å². The first-order valence-corrected chi connectivity index (χ1v) is 10.9. The van der Waals surface area contributed by atoms with Crippen molar-refractivity contribution in [2.24, 2.45) is 0 Å². The van der Waals surface area contributed by atoms with Crippen LogP contribution in [0.4, 0.5) is 4.39 Å². The van der Waals surface area contributed by atoms with Crippen molar-refractivity contribution in [3.8, 4) is 0 Å². The average Bonchev–Trinajstić information content (AvgIpc) is 3.22. The molecule has 1 aliphatic carbocycles. The molecule has 1 atom stereocenters. The Morgan fingerprint density at radius 3 is 2.30 bits per heavy atom. The Kier molecular flexibility index (Phi) is 7.73. The van der Waals surface area contributed by atoms with Crippen molar-refractivity contribution in [1.82, 2.24) is 10.2 Å². The van der Waals surface area contributed by atoms with Crippen LogP contribution in [0.5, 0.6) is 0 Å². The third-order valence-corrected chi connectivity index (χ3v) is 6.23. The van der Waals surface area contributed by atoms with E-state index in [2.05, 4.69) is 5.32 Å². The van der Waals surface area contributed by atoms with E-state index >= 15 is 0 Å². The molecule has 1 unspecified atom stereocenters. The Morgan fingerprint density at radius 2 is 1.70 bits per heavy atom. The molecule has 30 heavy (non-hydrogen) atoms. The number of amides is 2. The first kappa shape index (κ1) is 22.6. The number of hydrogen-bond donors (Lipinski definition) is 1. The zero-order chi connectivity index (χ0) is 21.7. The number of hydrogen-bond acceptors (Lipinski definition) is 2. The summed E-state index contributed by atoms with van der Waals surface area (Å²) in [6.07, 6.45) is 4.09. The van der Waals surface area contributed by atoms with Crippen molar-refractivity contribution in [1.29, 1.82) is 0 Å². The Bertz CT molecular complexity index is 878. The van der Waals surface area contributed by atoms with Crippen molar-refractivity contribution in [3.63, 3.8) is 0 Å². The molecule has 2 aromatic carbocycles. The molecular weight excluding hydrogens is 426 g/mol. The fraction of sp³-hybridized carbons (Fsp3) is 0.391. The van der Waals surface area contributed by atoms with Crippen LogP contribution in [0.15, 0.2) is 42.5 Å². The zero-order valence-electron chi connectivity index (χ0n) is 16.8. The van der Waals surface area contributed by atoms with E-state index < -0.39 is 6.04 Å². The van der Waals surface area contributed by atoms with Gasteiger partial charge in [0, 0.05) is 22.6 Å². The SMILES string of the molecule is CC(C(=O)NC1CCCC1)N(Cc1ccc(F)cc1)C(=O)Cc1c(Cl)cccc1Cl. The van der Waals surface area contributed by atoms with Gasteiger partial charge in [-0.15, -0.1) is 0 Å². The summed E-state index contributed by atoms with van der Waals surface area (Å²) in [6, 6.07) is 10.4. The minimum Gasteiger partial charge on any atom is -0.352 e. The Morgan fingerprint density at radius 1 is 1.10 bits per heavy atom. The first-order chi connectivity index (χ1) is 14.3. The smallest absolute Gasteiger partial charge is 0.242 e. The van der Waals surface area contributed by atoms with Gasteiger partial charge in [-0.3, -0.25) is 9.59 Å². The molecule has 0 heterocycles. The standard InChI is InChI=1S/C23H25Cl2FN2O2/c1-15(23(30)27-18-5-2-3-6-18)28(14-16-9-11-17(26)12-10-16)22(29)13-19-20(24)7-4-8-21(19)25/h4,7-12,15,18H,2-3,5-6,13-14H2,1H3,(H,27,30). The fourth-order valence-corrected chi connectivity index (χ4v) is 4.25. The lowest BCUT2D eigenvalue weighted by Crippen LogP contribution is -2.50. The Balaban J connectivity index is 1.80. The normalized spacial score (nSPS) is 15.1. The molecule has 2 amide bonds.